The van der Waals surface area contributed by atoms with Crippen LogP contribution in [0, 0.1) is 5.41 Å². The van der Waals surface area contributed by atoms with E-state index in [1.54, 1.807) is 4.90 Å². The van der Waals surface area contributed by atoms with Gasteiger partial charge in [-0.3, -0.25) is 4.90 Å². The van der Waals surface area contributed by atoms with Gasteiger partial charge in [0.1, 0.15) is 0 Å². The molecule has 4 heteroatoms. The molecule has 0 aliphatic carbocycles. The van der Waals surface area contributed by atoms with Gasteiger partial charge in [0.2, 0.25) is 0 Å². The minimum atomic E-state index is -0.801. The van der Waals surface area contributed by atoms with E-state index in [1.165, 1.54) is 7.11 Å². The molecule has 3 atom stereocenters. The Morgan fingerprint density at radius 2 is 1.63 bits per heavy atom. The van der Waals surface area contributed by atoms with Crippen LogP contribution in [0.5, 0.6) is 0 Å². The third-order valence-corrected chi connectivity index (χ3v) is 4.88. The van der Waals surface area contributed by atoms with Crippen molar-refractivity contribution in [2.75, 3.05) is 7.11 Å². The molecule has 1 N–H and O–H groups in total. The third-order valence-electron chi connectivity index (χ3n) is 4.88. The molecule has 0 spiro atoms. The monoisotopic (exact) mass is 267 g/mol. The van der Waals surface area contributed by atoms with Gasteiger partial charge in [-0.15, -0.1) is 0 Å². The summed E-state index contributed by atoms with van der Waals surface area (Å²) < 4.78 is 4.92. The van der Waals surface area contributed by atoms with Gasteiger partial charge >= 0.3 is 6.09 Å². The molecule has 0 aromatic heterocycles. The zero-order chi connectivity index (χ0) is 14.7. The Hall–Kier alpha value is -1.03. The minimum absolute atomic E-state index is 0.232. The smallest absolute Gasteiger partial charge is 0.410 e. The van der Waals surface area contributed by atoms with Crippen LogP contribution in [0.2, 0.25) is 0 Å². The molecule has 2 aliphatic heterocycles. The number of aliphatic hydroxyl groups is 1. The van der Waals surface area contributed by atoms with E-state index in [0.29, 0.717) is 12.8 Å². The van der Waals surface area contributed by atoms with Crippen LogP contribution in [0.25, 0.3) is 0 Å². The number of carbonyl (C=O) groups is 1. The lowest BCUT2D eigenvalue weighted by molar-refractivity contribution is -0.147. The van der Waals surface area contributed by atoms with Crippen LogP contribution in [0.4, 0.5) is 4.79 Å². The number of carbonyl (C=O) groups excluding carboxylic acids is 1. The first-order valence-electron chi connectivity index (χ1n) is 6.79. The second-order valence-electron chi connectivity index (χ2n) is 7.49. The van der Waals surface area contributed by atoms with Crippen molar-refractivity contribution in [1.82, 2.24) is 4.90 Å². The summed E-state index contributed by atoms with van der Waals surface area (Å²) in [6, 6.07) is 0. The van der Waals surface area contributed by atoms with Gasteiger partial charge in [-0.05, 0) is 19.3 Å². The molecule has 19 heavy (non-hydrogen) atoms. The number of hydrogen-bond donors (Lipinski definition) is 1. The maximum absolute atomic E-state index is 12.1. The van der Waals surface area contributed by atoms with Crippen molar-refractivity contribution < 1.29 is 14.6 Å². The normalized spacial score (nSPS) is 41.5. The first kappa shape index (κ1) is 14.4. The molecule has 1 fully saturated rings. The standard InChI is InChI=1S/C15H25NO3/c1-12(2,3)15(18)9-13(4)7-8-14(5,10-15)16(13)11(17)19-6/h7-8,18H,9-10H2,1-6H3/t13-,14+,15?. The molecular formula is C15H25NO3. The molecule has 1 unspecified atom stereocenters. The molecular weight excluding hydrogens is 242 g/mol. The van der Waals surface area contributed by atoms with Crippen molar-refractivity contribution in [2.45, 2.75) is 64.1 Å². The van der Waals surface area contributed by atoms with Gasteiger partial charge in [-0.2, -0.15) is 0 Å². The Labute approximate surface area is 115 Å². The second-order valence-corrected chi connectivity index (χ2v) is 7.49. The van der Waals surface area contributed by atoms with E-state index >= 15 is 0 Å². The van der Waals surface area contributed by atoms with E-state index in [2.05, 4.69) is 0 Å². The first-order chi connectivity index (χ1) is 8.47. The number of nitrogens with zero attached hydrogens (tertiary/aromatic N) is 1. The van der Waals surface area contributed by atoms with Gasteiger partial charge < -0.3 is 9.84 Å². The molecule has 2 heterocycles. The zero-order valence-corrected chi connectivity index (χ0v) is 12.8. The average molecular weight is 267 g/mol. The first-order valence-corrected chi connectivity index (χ1v) is 6.79. The molecule has 1 saturated heterocycles. The predicted molar refractivity (Wildman–Crippen MR) is 73.8 cm³/mol. The lowest BCUT2D eigenvalue weighted by Crippen LogP contribution is -2.67. The Balaban J connectivity index is 2.45. The number of piperidine rings is 1. The molecule has 1 amide bonds. The van der Waals surface area contributed by atoms with Crippen LogP contribution in [0.1, 0.15) is 47.5 Å². The summed E-state index contributed by atoms with van der Waals surface area (Å²) in [6.07, 6.45) is 4.81. The van der Waals surface area contributed by atoms with Gasteiger partial charge in [0.15, 0.2) is 0 Å². The Kier molecular flexibility index (Phi) is 2.84. The summed E-state index contributed by atoms with van der Waals surface area (Å²) >= 11 is 0. The number of methoxy groups -OCH3 is 1. The predicted octanol–water partition coefficient (Wildman–Crippen LogP) is 2.71. The highest BCUT2D eigenvalue weighted by Gasteiger charge is 2.62. The quantitative estimate of drug-likeness (QED) is 0.687. The van der Waals surface area contributed by atoms with Crippen LogP contribution in [-0.4, -0.2) is 39.9 Å². The maximum atomic E-state index is 12.1. The highest BCUT2D eigenvalue weighted by atomic mass is 16.5. The summed E-state index contributed by atoms with van der Waals surface area (Å²) in [5.74, 6) is 0. The zero-order valence-electron chi connectivity index (χ0n) is 12.8. The summed E-state index contributed by atoms with van der Waals surface area (Å²) in [7, 11) is 1.40. The third kappa shape index (κ3) is 1.88. The van der Waals surface area contributed by atoms with E-state index in [-0.39, 0.29) is 11.5 Å². The van der Waals surface area contributed by atoms with E-state index < -0.39 is 16.7 Å². The van der Waals surface area contributed by atoms with Crippen LogP contribution in [0.3, 0.4) is 0 Å². The van der Waals surface area contributed by atoms with E-state index in [9.17, 15) is 9.90 Å². The molecule has 2 aliphatic rings. The molecule has 0 aromatic rings. The average Bonchev–Trinajstić information content (AvgIpc) is 2.40. The lowest BCUT2D eigenvalue weighted by atomic mass is 9.63. The number of fused-ring (bicyclic) bond motifs is 2. The summed E-state index contributed by atoms with van der Waals surface area (Å²) in [5.41, 5.74) is -2.00. The number of hydrogen-bond acceptors (Lipinski definition) is 3. The van der Waals surface area contributed by atoms with E-state index in [1.807, 2.05) is 46.8 Å². The fourth-order valence-corrected chi connectivity index (χ4v) is 3.65. The molecule has 0 aromatic carbocycles. The van der Waals surface area contributed by atoms with E-state index in [4.69, 9.17) is 4.74 Å². The number of rotatable bonds is 0. The van der Waals surface area contributed by atoms with Crippen molar-refractivity contribution in [1.29, 1.82) is 0 Å². The molecule has 108 valence electrons. The SMILES string of the molecule is COC(=O)N1[C@@]2(C)C=C[C@]1(C)CC(O)(C(C)(C)C)C2. The van der Waals surface area contributed by atoms with Gasteiger partial charge in [0, 0.05) is 12.8 Å². The number of amides is 1. The van der Waals surface area contributed by atoms with Gasteiger partial charge in [-0.1, -0.05) is 32.9 Å². The largest absolute Gasteiger partial charge is 0.453 e. The lowest BCUT2D eigenvalue weighted by Gasteiger charge is -2.57. The van der Waals surface area contributed by atoms with Crippen molar-refractivity contribution >= 4 is 6.09 Å². The van der Waals surface area contributed by atoms with Crippen molar-refractivity contribution in [3.05, 3.63) is 12.2 Å². The summed E-state index contributed by atoms with van der Waals surface area (Å²) in [4.78, 5) is 13.8. The van der Waals surface area contributed by atoms with Crippen LogP contribution in [0.15, 0.2) is 12.2 Å². The fraction of sp³-hybridized carbons (Fsp3) is 0.800. The van der Waals surface area contributed by atoms with Gasteiger partial charge in [0.05, 0.1) is 23.8 Å². The van der Waals surface area contributed by atoms with Crippen LogP contribution in [-0.2, 0) is 4.74 Å². The minimum Gasteiger partial charge on any atom is -0.453 e. The summed E-state index contributed by atoms with van der Waals surface area (Å²) in [6.45, 7) is 10.1. The fourth-order valence-electron chi connectivity index (χ4n) is 3.65. The van der Waals surface area contributed by atoms with Crippen LogP contribution < -0.4 is 0 Å². The molecule has 0 saturated carbocycles. The summed E-state index contributed by atoms with van der Waals surface area (Å²) in [5, 5.41) is 11.1. The Morgan fingerprint density at radius 3 is 1.95 bits per heavy atom. The molecule has 2 bridgehead atoms. The topological polar surface area (TPSA) is 49.8 Å². The van der Waals surface area contributed by atoms with Crippen LogP contribution >= 0.6 is 0 Å². The maximum Gasteiger partial charge on any atom is 0.410 e. The highest BCUT2D eigenvalue weighted by molar-refractivity contribution is 5.72. The molecule has 2 rings (SSSR count). The van der Waals surface area contributed by atoms with Gasteiger partial charge in [0.25, 0.3) is 0 Å². The Bertz CT molecular complexity index is 415. The molecule has 0 radical (unpaired) electrons. The highest BCUT2D eigenvalue weighted by Crippen LogP contribution is 2.54. The second kappa shape index (κ2) is 3.75. The van der Waals surface area contributed by atoms with Crippen molar-refractivity contribution in [2.24, 2.45) is 5.41 Å². The number of ether oxygens (including phenoxy) is 1. The molecule has 4 nitrogen and oxygen atoms in total. The van der Waals surface area contributed by atoms with Crippen molar-refractivity contribution in [3.8, 4) is 0 Å². The Morgan fingerprint density at radius 1 is 1.21 bits per heavy atom. The van der Waals surface area contributed by atoms with E-state index in [0.717, 1.165) is 0 Å². The van der Waals surface area contributed by atoms with Gasteiger partial charge in [-0.25, -0.2) is 4.79 Å². The van der Waals surface area contributed by atoms with Crippen molar-refractivity contribution in [3.63, 3.8) is 0 Å².